The Morgan fingerprint density at radius 3 is 2.52 bits per heavy atom. The van der Waals surface area contributed by atoms with E-state index in [-0.39, 0.29) is 12.0 Å². The number of nitrogens with one attached hydrogen (secondary N) is 1. The molecule has 0 aromatic heterocycles. The summed E-state index contributed by atoms with van der Waals surface area (Å²) in [5.74, 6) is 0.0418. The van der Waals surface area contributed by atoms with E-state index in [1.807, 2.05) is 18.2 Å². The highest BCUT2D eigenvalue weighted by Crippen LogP contribution is 2.41. The van der Waals surface area contributed by atoms with Crippen LogP contribution in [-0.4, -0.2) is 13.2 Å². The van der Waals surface area contributed by atoms with Gasteiger partial charge in [-0.25, -0.2) is 4.79 Å². The molecular formula is C22H19NO2. The maximum Gasteiger partial charge on any atom is 0.407 e. The molecule has 1 aliphatic rings. The van der Waals surface area contributed by atoms with E-state index in [1.165, 1.54) is 23.4 Å². The summed E-state index contributed by atoms with van der Waals surface area (Å²) in [6.07, 6.45) is 3.89. The highest BCUT2D eigenvalue weighted by molar-refractivity contribution is 5.87. The monoisotopic (exact) mass is 329 g/mol. The third-order valence-corrected chi connectivity index (χ3v) is 4.81. The Kier molecular flexibility index (Phi) is 3.98. The summed E-state index contributed by atoms with van der Waals surface area (Å²) >= 11 is 0. The second-order valence-electron chi connectivity index (χ2n) is 6.20. The summed E-state index contributed by atoms with van der Waals surface area (Å²) in [4.78, 5) is 12.0. The minimum absolute atomic E-state index is 0.0418. The van der Waals surface area contributed by atoms with Crippen molar-refractivity contribution in [2.45, 2.75) is 12.0 Å². The Balaban J connectivity index is 1.86. The first kappa shape index (κ1) is 15.5. The first-order valence-corrected chi connectivity index (χ1v) is 8.37. The molecule has 3 nitrogen and oxygen atoms in total. The maximum absolute atomic E-state index is 12.0. The van der Waals surface area contributed by atoms with Gasteiger partial charge < -0.3 is 10.1 Å². The predicted octanol–water partition coefficient (Wildman–Crippen LogP) is 5.05. The number of carbonyl (C=O) groups is 1. The fraction of sp³-hybridized carbons (Fsp3) is 0.136. The molecule has 0 fully saturated rings. The lowest BCUT2D eigenvalue weighted by Crippen LogP contribution is -2.33. The zero-order valence-corrected chi connectivity index (χ0v) is 14.0. The fourth-order valence-corrected chi connectivity index (χ4v) is 3.64. The van der Waals surface area contributed by atoms with Gasteiger partial charge in [-0.05, 0) is 27.5 Å². The predicted molar refractivity (Wildman–Crippen MR) is 100 cm³/mol. The van der Waals surface area contributed by atoms with Gasteiger partial charge in [-0.15, -0.1) is 0 Å². The molecule has 124 valence electrons. The van der Waals surface area contributed by atoms with Crippen molar-refractivity contribution in [3.8, 4) is 0 Å². The summed E-state index contributed by atoms with van der Waals surface area (Å²) in [6.45, 7) is 0. The molecule has 3 heteroatoms. The maximum atomic E-state index is 12.0. The van der Waals surface area contributed by atoms with Crippen LogP contribution < -0.4 is 5.32 Å². The molecule has 1 aliphatic carbocycles. The Bertz CT molecular complexity index is 956. The van der Waals surface area contributed by atoms with Crippen molar-refractivity contribution in [1.29, 1.82) is 0 Å². The Morgan fingerprint density at radius 2 is 1.64 bits per heavy atom. The SMILES string of the molecule is COC(=O)N[C@H]1c2ccccc2C=C[C@H]1c1cccc2ccccc12. The minimum atomic E-state index is -0.416. The second-order valence-corrected chi connectivity index (χ2v) is 6.20. The molecule has 0 saturated carbocycles. The third kappa shape index (κ3) is 2.78. The highest BCUT2D eigenvalue weighted by atomic mass is 16.5. The van der Waals surface area contributed by atoms with Crippen molar-refractivity contribution in [3.63, 3.8) is 0 Å². The van der Waals surface area contributed by atoms with Crippen LogP contribution >= 0.6 is 0 Å². The van der Waals surface area contributed by atoms with E-state index in [0.29, 0.717) is 0 Å². The number of methoxy groups -OCH3 is 1. The molecule has 25 heavy (non-hydrogen) atoms. The van der Waals surface area contributed by atoms with Crippen molar-refractivity contribution < 1.29 is 9.53 Å². The molecule has 0 unspecified atom stereocenters. The van der Waals surface area contributed by atoms with Gasteiger partial charge in [0, 0.05) is 5.92 Å². The minimum Gasteiger partial charge on any atom is -0.453 e. The first-order valence-electron chi connectivity index (χ1n) is 8.37. The zero-order chi connectivity index (χ0) is 17.2. The van der Waals surface area contributed by atoms with E-state index in [2.05, 4.69) is 66.0 Å². The molecule has 4 rings (SSSR count). The molecule has 0 saturated heterocycles. The van der Waals surface area contributed by atoms with Crippen LogP contribution in [0, 0.1) is 0 Å². The Hall–Kier alpha value is -3.07. The number of ether oxygens (including phenoxy) is 1. The molecule has 3 aromatic carbocycles. The summed E-state index contributed by atoms with van der Waals surface area (Å²) in [7, 11) is 1.40. The van der Waals surface area contributed by atoms with Crippen LogP contribution in [0.25, 0.3) is 16.8 Å². The molecule has 0 bridgehead atoms. The average Bonchev–Trinajstić information content (AvgIpc) is 2.68. The van der Waals surface area contributed by atoms with Gasteiger partial charge in [-0.2, -0.15) is 0 Å². The summed E-state index contributed by atoms with van der Waals surface area (Å²) in [5, 5.41) is 5.43. The average molecular weight is 329 g/mol. The normalized spacial score (nSPS) is 18.6. The summed E-state index contributed by atoms with van der Waals surface area (Å²) < 4.78 is 4.87. The highest BCUT2D eigenvalue weighted by Gasteiger charge is 2.30. The number of fused-ring (bicyclic) bond motifs is 2. The van der Waals surface area contributed by atoms with Crippen molar-refractivity contribution in [3.05, 3.63) is 89.5 Å². The summed E-state index contributed by atoms with van der Waals surface area (Å²) in [6, 6.07) is 22.6. The lowest BCUT2D eigenvalue weighted by molar-refractivity contribution is 0.165. The van der Waals surface area contributed by atoms with Crippen LogP contribution in [0.2, 0.25) is 0 Å². The van der Waals surface area contributed by atoms with E-state index in [0.717, 1.165) is 11.1 Å². The largest absolute Gasteiger partial charge is 0.453 e. The number of amides is 1. The van der Waals surface area contributed by atoms with Gasteiger partial charge in [0.25, 0.3) is 0 Å². The number of alkyl carbamates (subject to hydrolysis) is 1. The molecule has 2 atom stereocenters. The van der Waals surface area contributed by atoms with Crippen LogP contribution in [-0.2, 0) is 4.74 Å². The number of hydrogen-bond donors (Lipinski definition) is 1. The number of hydrogen-bond acceptors (Lipinski definition) is 2. The van der Waals surface area contributed by atoms with Crippen molar-refractivity contribution in [2.75, 3.05) is 7.11 Å². The van der Waals surface area contributed by atoms with E-state index < -0.39 is 6.09 Å². The van der Waals surface area contributed by atoms with E-state index in [9.17, 15) is 4.79 Å². The summed E-state index contributed by atoms with van der Waals surface area (Å²) in [5.41, 5.74) is 3.43. The topological polar surface area (TPSA) is 38.3 Å². The van der Waals surface area contributed by atoms with Gasteiger partial charge in [-0.1, -0.05) is 78.9 Å². The molecule has 0 aliphatic heterocycles. The van der Waals surface area contributed by atoms with Crippen molar-refractivity contribution >= 4 is 22.9 Å². The van der Waals surface area contributed by atoms with Gasteiger partial charge >= 0.3 is 6.09 Å². The van der Waals surface area contributed by atoms with Gasteiger partial charge in [0.05, 0.1) is 13.2 Å². The number of carbonyl (C=O) groups excluding carboxylic acids is 1. The van der Waals surface area contributed by atoms with Gasteiger partial charge in [0.1, 0.15) is 0 Å². The Labute approximate surface area is 146 Å². The molecule has 0 radical (unpaired) electrons. The quantitative estimate of drug-likeness (QED) is 0.714. The van der Waals surface area contributed by atoms with Crippen LogP contribution in [0.15, 0.2) is 72.8 Å². The standard InChI is InChI=1S/C22H19NO2/c1-25-22(24)23-21-18-11-5-3-8-16(18)13-14-20(21)19-12-6-9-15-7-2-4-10-17(15)19/h2-14,20-21H,1H3,(H,23,24)/t20-,21-/m0/s1. The van der Waals surface area contributed by atoms with Gasteiger partial charge in [0.15, 0.2) is 0 Å². The molecule has 1 N–H and O–H groups in total. The van der Waals surface area contributed by atoms with E-state index >= 15 is 0 Å². The van der Waals surface area contributed by atoms with E-state index in [1.54, 1.807) is 0 Å². The number of benzene rings is 3. The lowest BCUT2D eigenvalue weighted by Gasteiger charge is -2.31. The molecule has 0 heterocycles. The lowest BCUT2D eigenvalue weighted by atomic mass is 9.79. The van der Waals surface area contributed by atoms with Crippen LogP contribution in [0.5, 0.6) is 0 Å². The molecular weight excluding hydrogens is 310 g/mol. The third-order valence-electron chi connectivity index (χ3n) is 4.81. The molecule has 1 amide bonds. The number of rotatable bonds is 2. The van der Waals surface area contributed by atoms with Gasteiger partial charge in [-0.3, -0.25) is 0 Å². The molecule has 0 spiro atoms. The van der Waals surface area contributed by atoms with Crippen LogP contribution in [0.4, 0.5) is 4.79 Å². The zero-order valence-electron chi connectivity index (χ0n) is 14.0. The Morgan fingerprint density at radius 1 is 0.920 bits per heavy atom. The van der Waals surface area contributed by atoms with Crippen LogP contribution in [0.1, 0.15) is 28.7 Å². The van der Waals surface area contributed by atoms with Crippen molar-refractivity contribution in [2.24, 2.45) is 0 Å². The van der Waals surface area contributed by atoms with Gasteiger partial charge in [0.2, 0.25) is 0 Å². The molecule has 3 aromatic rings. The second kappa shape index (κ2) is 6.44. The first-order chi connectivity index (χ1) is 12.3. The fourth-order valence-electron chi connectivity index (χ4n) is 3.64. The van der Waals surface area contributed by atoms with Crippen molar-refractivity contribution in [1.82, 2.24) is 5.32 Å². The van der Waals surface area contributed by atoms with E-state index in [4.69, 9.17) is 4.74 Å². The van der Waals surface area contributed by atoms with Crippen LogP contribution in [0.3, 0.4) is 0 Å². The smallest absolute Gasteiger partial charge is 0.407 e.